The zero-order valence-corrected chi connectivity index (χ0v) is 11.3. The van der Waals surface area contributed by atoms with E-state index in [1.807, 2.05) is 0 Å². The summed E-state index contributed by atoms with van der Waals surface area (Å²) in [6, 6.07) is 1.81. The highest BCUT2D eigenvalue weighted by atomic mass is 16.6. The second-order valence-electron chi connectivity index (χ2n) is 4.18. The molecular formula is C12H15NO7. The van der Waals surface area contributed by atoms with Gasteiger partial charge in [-0.3, -0.25) is 14.4 Å². The van der Waals surface area contributed by atoms with Crippen LogP contribution in [0.5, 0.6) is 0 Å². The molecule has 0 amide bonds. The highest BCUT2D eigenvalue weighted by Crippen LogP contribution is 2.24. The van der Waals surface area contributed by atoms with Crippen molar-refractivity contribution in [2.75, 3.05) is 6.61 Å². The molecule has 1 heterocycles. The van der Waals surface area contributed by atoms with Crippen LogP contribution >= 0.6 is 0 Å². The Kier molecular flexibility index (Phi) is 5.46. The van der Waals surface area contributed by atoms with Gasteiger partial charge in [0, 0.05) is 20.8 Å². The summed E-state index contributed by atoms with van der Waals surface area (Å²) < 4.78 is 20.1. The molecule has 0 aromatic rings. The van der Waals surface area contributed by atoms with Crippen molar-refractivity contribution in [2.45, 2.75) is 45.2 Å². The van der Waals surface area contributed by atoms with E-state index < -0.39 is 42.3 Å². The van der Waals surface area contributed by atoms with Gasteiger partial charge in [-0.1, -0.05) is 0 Å². The van der Waals surface area contributed by atoms with Gasteiger partial charge >= 0.3 is 17.9 Å². The number of rotatable bonds is 3. The van der Waals surface area contributed by atoms with E-state index in [0.29, 0.717) is 0 Å². The number of nitrogens with zero attached hydrogens (tertiary/aromatic N) is 1. The molecule has 0 aliphatic carbocycles. The van der Waals surface area contributed by atoms with Crippen LogP contribution in [0.2, 0.25) is 0 Å². The molecular weight excluding hydrogens is 270 g/mol. The topological polar surface area (TPSA) is 112 Å². The summed E-state index contributed by atoms with van der Waals surface area (Å²) in [5.41, 5.74) is 0. The van der Waals surface area contributed by atoms with E-state index in [4.69, 9.17) is 24.2 Å². The van der Waals surface area contributed by atoms with Crippen LogP contribution < -0.4 is 0 Å². The molecule has 1 aliphatic heterocycles. The summed E-state index contributed by atoms with van der Waals surface area (Å²) >= 11 is 0. The van der Waals surface area contributed by atoms with Crippen LogP contribution in [0, 0.1) is 11.3 Å². The minimum absolute atomic E-state index is 0.131. The highest BCUT2D eigenvalue weighted by Gasteiger charge is 2.46. The van der Waals surface area contributed by atoms with Crippen molar-refractivity contribution < 1.29 is 33.3 Å². The average Bonchev–Trinajstić information content (AvgIpc) is 2.31. The maximum Gasteiger partial charge on any atom is 0.303 e. The predicted octanol–water partition coefficient (Wildman–Crippen LogP) is -0.296. The molecule has 0 aromatic carbocycles. The summed E-state index contributed by atoms with van der Waals surface area (Å²) in [4.78, 5) is 33.3. The van der Waals surface area contributed by atoms with Crippen LogP contribution in [-0.2, 0) is 33.3 Å². The SMILES string of the molecule is CC(=O)O[C@@H]1[C@H](OC(C)=O)[C@H](OC(C)=O)CO[C@H]1C#N. The van der Waals surface area contributed by atoms with Gasteiger partial charge in [0.15, 0.2) is 24.4 Å². The minimum Gasteiger partial charge on any atom is -0.456 e. The monoisotopic (exact) mass is 285 g/mol. The largest absolute Gasteiger partial charge is 0.456 e. The fraction of sp³-hybridized carbons (Fsp3) is 0.667. The zero-order chi connectivity index (χ0) is 15.3. The summed E-state index contributed by atoms with van der Waals surface area (Å²) in [6.07, 6.45) is -4.28. The Morgan fingerprint density at radius 3 is 1.95 bits per heavy atom. The van der Waals surface area contributed by atoms with Crippen LogP contribution in [0.3, 0.4) is 0 Å². The fourth-order valence-corrected chi connectivity index (χ4v) is 1.85. The Balaban J connectivity index is 2.99. The van der Waals surface area contributed by atoms with E-state index in [0.717, 1.165) is 13.8 Å². The van der Waals surface area contributed by atoms with Gasteiger partial charge in [-0.05, 0) is 0 Å². The number of carbonyl (C=O) groups excluding carboxylic acids is 3. The van der Waals surface area contributed by atoms with E-state index in [-0.39, 0.29) is 6.61 Å². The van der Waals surface area contributed by atoms with Gasteiger partial charge in [0.1, 0.15) is 0 Å². The molecule has 0 N–H and O–H groups in total. The van der Waals surface area contributed by atoms with E-state index in [2.05, 4.69) is 0 Å². The minimum atomic E-state index is -1.15. The third-order valence-corrected chi connectivity index (χ3v) is 2.48. The molecule has 0 spiro atoms. The molecule has 20 heavy (non-hydrogen) atoms. The van der Waals surface area contributed by atoms with Crippen molar-refractivity contribution in [1.29, 1.82) is 5.26 Å². The molecule has 1 rings (SSSR count). The first-order valence-corrected chi connectivity index (χ1v) is 5.88. The normalized spacial score (nSPS) is 28.9. The molecule has 1 saturated heterocycles. The molecule has 1 aliphatic rings. The summed E-state index contributed by atoms with van der Waals surface area (Å²) in [5, 5.41) is 8.98. The van der Waals surface area contributed by atoms with Gasteiger partial charge in [0.2, 0.25) is 0 Å². The number of nitriles is 1. The van der Waals surface area contributed by atoms with Gasteiger partial charge in [-0.25, -0.2) is 0 Å². The lowest BCUT2D eigenvalue weighted by atomic mass is 10.00. The van der Waals surface area contributed by atoms with E-state index in [9.17, 15) is 14.4 Å². The maximum absolute atomic E-state index is 11.1. The Bertz CT molecular complexity index is 442. The predicted molar refractivity (Wildman–Crippen MR) is 62.0 cm³/mol. The zero-order valence-electron chi connectivity index (χ0n) is 11.3. The summed E-state index contributed by atoms with van der Waals surface area (Å²) in [7, 11) is 0. The highest BCUT2D eigenvalue weighted by molar-refractivity contribution is 5.68. The Morgan fingerprint density at radius 2 is 1.50 bits per heavy atom. The second kappa shape index (κ2) is 6.86. The Hall–Kier alpha value is -2.14. The number of carbonyl (C=O) groups is 3. The molecule has 1 fully saturated rings. The number of hydrogen-bond acceptors (Lipinski definition) is 8. The third-order valence-electron chi connectivity index (χ3n) is 2.48. The molecule has 4 atom stereocenters. The number of esters is 3. The molecule has 0 radical (unpaired) electrons. The molecule has 110 valence electrons. The standard InChI is InChI=1S/C12H15NO7/c1-6(14)18-10-5-17-9(4-13)11(19-7(2)15)12(10)20-8(3)16/h9-12H,5H2,1-3H3/t9-,10+,11-,12+/m0/s1. The first-order chi connectivity index (χ1) is 9.35. The first kappa shape index (κ1) is 15.9. The van der Waals surface area contributed by atoms with E-state index in [1.54, 1.807) is 6.07 Å². The Labute approximate surface area is 115 Å². The number of ether oxygens (including phenoxy) is 4. The Morgan fingerprint density at radius 1 is 1.00 bits per heavy atom. The van der Waals surface area contributed by atoms with Crippen molar-refractivity contribution in [3.05, 3.63) is 0 Å². The van der Waals surface area contributed by atoms with Gasteiger partial charge in [0.25, 0.3) is 0 Å². The van der Waals surface area contributed by atoms with Crippen LogP contribution in [0.15, 0.2) is 0 Å². The van der Waals surface area contributed by atoms with E-state index >= 15 is 0 Å². The lowest BCUT2D eigenvalue weighted by Gasteiger charge is -2.37. The van der Waals surface area contributed by atoms with Gasteiger partial charge in [-0.2, -0.15) is 5.26 Å². The smallest absolute Gasteiger partial charge is 0.303 e. The molecule has 0 bridgehead atoms. The van der Waals surface area contributed by atoms with Crippen LogP contribution in [0.1, 0.15) is 20.8 Å². The van der Waals surface area contributed by atoms with Gasteiger partial charge in [0.05, 0.1) is 12.7 Å². The van der Waals surface area contributed by atoms with Crippen LogP contribution in [0.25, 0.3) is 0 Å². The van der Waals surface area contributed by atoms with Crippen LogP contribution in [-0.4, -0.2) is 48.9 Å². The van der Waals surface area contributed by atoms with Crippen LogP contribution in [0.4, 0.5) is 0 Å². The molecule has 8 heteroatoms. The van der Waals surface area contributed by atoms with E-state index in [1.165, 1.54) is 6.92 Å². The molecule has 0 saturated carbocycles. The van der Waals surface area contributed by atoms with Gasteiger partial charge < -0.3 is 18.9 Å². The fourth-order valence-electron chi connectivity index (χ4n) is 1.85. The first-order valence-electron chi connectivity index (χ1n) is 5.88. The van der Waals surface area contributed by atoms with Gasteiger partial charge in [-0.15, -0.1) is 0 Å². The van der Waals surface area contributed by atoms with Crippen molar-refractivity contribution in [1.82, 2.24) is 0 Å². The summed E-state index contributed by atoms with van der Waals surface area (Å²) in [6.45, 7) is 3.36. The molecule has 0 aromatic heterocycles. The second-order valence-corrected chi connectivity index (χ2v) is 4.18. The lowest BCUT2D eigenvalue weighted by molar-refractivity contribution is -0.217. The number of hydrogen-bond donors (Lipinski definition) is 0. The lowest BCUT2D eigenvalue weighted by Crippen LogP contribution is -2.57. The summed E-state index contributed by atoms with van der Waals surface area (Å²) in [5.74, 6) is -1.92. The van der Waals surface area contributed by atoms with Crippen molar-refractivity contribution in [3.8, 4) is 6.07 Å². The maximum atomic E-state index is 11.1. The van der Waals surface area contributed by atoms with Crippen molar-refractivity contribution >= 4 is 17.9 Å². The van der Waals surface area contributed by atoms with Crippen molar-refractivity contribution in [2.24, 2.45) is 0 Å². The third kappa shape index (κ3) is 4.20. The quantitative estimate of drug-likeness (QED) is 0.513. The van der Waals surface area contributed by atoms with Crippen molar-refractivity contribution in [3.63, 3.8) is 0 Å². The average molecular weight is 285 g/mol. The molecule has 0 unspecified atom stereocenters. The molecule has 8 nitrogen and oxygen atoms in total.